The van der Waals surface area contributed by atoms with Gasteiger partial charge in [0, 0.05) is 37.1 Å². The van der Waals surface area contributed by atoms with Crippen molar-refractivity contribution in [2.45, 2.75) is 70.6 Å². The largest absolute Gasteiger partial charge is 0.396 e. The molecule has 31 heavy (non-hydrogen) atoms. The van der Waals surface area contributed by atoms with Crippen LogP contribution in [-0.2, 0) is 10.2 Å². The molecule has 2 aliphatic rings. The number of nitrogens with one attached hydrogen (secondary N) is 2. The Hall–Kier alpha value is -0.860. The van der Waals surface area contributed by atoms with Gasteiger partial charge in [-0.2, -0.15) is 0 Å². The van der Waals surface area contributed by atoms with Crippen molar-refractivity contribution in [3.8, 4) is 0 Å². The van der Waals surface area contributed by atoms with Crippen LogP contribution in [0.15, 0.2) is 29.3 Å². The summed E-state index contributed by atoms with van der Waals surface area (Å²) in [6.45, 7) is 10.7. The Morgan fingerprint density at radius 3 is 2.39 bits per heavy atom. The van der Waals surface area contributed by atoms with Crippen molar-refractivity contribution in [1.82, 2.24) is 10.6 Å². The van der Waals surface area contributed by atoms with Crippen LogP contribution in [0.25, 0.3) is 0 Å². The number of benzene rings is 1. The van der Waals surface area contributed by atoms with Gasteiger partial charge in [-0.15, -0.1) is 24.0 Å². The molecular formula is C25H42IN3O2. The summed E-state index contributed by atoms with van der Waals surface area (Å²) < 4.78 is 5.63. The van der Waals surface area contributed by atoms with Crippen molar-refractivity contribution in [3.05, 3.63) is 35.4 Å². The van der Waals surface area contributed by atoms with Gasteiger partial charge in [0.2, 0.25) is 0 Å². The first kappa shape index (κ1) is 26.4. The number of halogens is 1. The third-order valence-electron chi connectivity index (χ3n) is 7.09. The fourth-order valence-electron chi connectivity index (χ4n) is 4.97. The number of rotatable bonds is 9. The molecule has 6 heteroatoms. The number of guanidine groups is 1. The van der Waals surface area contributed by atoms with Gasteiger partial charge in [0.1, 0.15) is 0 Å². The number of aliphatic hydroxyl groups excluding tert-OH is 1. The Labute approximate surface area is 205 Å². The molecule has 1 saturated heterocycles. The van der Waals surface area contributed by atoms with Crippen molar-refractivity contribution < 1.29 is 9.84 Å². The minimum atomic E-state index is -0.0190. The highest BCUT2D eigenvalue weighted by molar-refractivity contribution is 14.0. The highest BCUT2D eigenvalue weighted by Crippen LogP contribution is 2.41. The molecule has 0 amide bonds. The molecule has 3 N–H and O–H groups in total. The van der Waals surface area contributed by atoms with Crippen molar-refractivity contribution in [3.63, 3.8) is 0 Å². The molecule has 1 atom stereocenters. The first-order valence-corrected chi connectivity index (χ1v) is 11.8. The second kappa shape index (κ2) is 12.4. The van der Waals surface area contributed by atoms with Crippen LogP contribution in [0.5, 0.6) is 0 Å². The Morgan fingerprint density at radius 2 is 1.84 bits per heavy atom. The lowest BCUT2D eigenvalue weighted by Crippen LogP contribution is -2.45. The molecule has 1 aromatic rings. The summed E-state index contributed by atoms with van der Waals surface area (Å²) in [6.07, 6.45) is 6.76. The molecule has 0 bridgehead atoms. The van der Waals surface area contributed by atoms with Gasteiger partial charge in [-0.3, -0.25) is 4.99 Å². The van der Waals surface area contributed by atoms with E-state index in [1.165, 1.54) is 36.8 Å². The molecule has 0 radical (unpaired) electrons. The fraction of sp³-hybridized carbons (Fsp3) is 0.720. The van der Waals surface area contributed by atoms with Gasteiger partial charge in [0.25, 0.3) is 0 Å². The number of hydrogen-bond donors (Lipinski definition) is 3. The summed E-state index contributed by atoms with van der Waals surface area (Å²) in [5.74, 6) is 1.45. The van der Waals surface area contributed by atoms with Crippen LogP contribution < -0.4 is 10.6 Å². The van der Waals surface area contributed by atoms with Crippen molar-refractivity contribution >= 4 is 29.9 Å². The van der Waals surface area contributed by atoms with E-state index in [0.717, 1.165) is 38.5 Å². The van der Waals surface area contributed by atoms with Crippen LogP contribution >= 0.6 is 24.0 Å². The van der Waals surface area contributed by atoms with E-state index in [0.29, 0.717) is 19.1 Å². The molecule has 2 fully saturated rings. The predicted molar refractivity (Wildman–Crippen MR) is 140 cm³/mol. The molecule has 1 aliphatic carbocycles. The smallest absolute Gasteiger partial charge is 0.191 e. The third kappa shape index (κ3) is 6.81. The van der Waals surface area contributed by atoms with Gasteiger partial charge < -0.3 is 20.5 Å². The molecule has 0 aromatic heterocycles. The third-order valence-corrected chi connectivity index (χ3v) is 7.09. The minimum absolute atomic E-state index is 0. The molecule has 176 valence electrons. The van der Waals surface area contributed by atoms with Crippen molar-refractivity contribution in [1.29, 1.82) is 0 Å². The summed E-state index contributed by atoms with van der Waals surface area (Å²) in [6, 6.07) is 9.30. The topological polar surface area (TPSA) is 65.9 Å². The molecule has 1 unspecified atom stereocenters. The summed E-state index contributed by atoms with van der Waals surface area (Å²) in [4.78, 5) is 4.91. The normalized spacial score (nSPS) is 23.1. The number of ether oxygens (including phenoxy) is 1. The molecular weight excluding hydrogens is 501 g/mol. The SMILES string of the molecule is CCNC(=NCC1(CCO)CCOC1)NCC1(c2ccc(C(C)C)cc2)CCCC1.I. The van der Waals surface area contributed by atoms with E-state index >= 15 is 0 Å². The van der Waals surface area contributed by atoms with E-state index < -0.39 is 0 Å². The quantitative estimate of drug-likeness (QED) is 0.242. The van der Waals surface area contributed by atoms with E-state index in [9.17, 15) is 5.11 Å². The van der Waals surface area contributed by atoms with Crippen LogP contribution in [0, 0.1) is 5.41 Å². The average molecular weight is 544 g/mol. The summed E-state index contributed by atoms with van der Waals surface area (Å²) >= 11 is 0. The summed E-state index contributed by atoms with van der Waals surface area (Å²) in [5.41, 5.74) is 3.02. The molecule has 1 aliphatic heterocycles. The lowest BCUT2D eigenvalue weighted by molar-refractivity contribution is 0.131. The Balaban J connectivity index is 0.00000341. The zero-order chi connectivity index (χ0) is 21.5. The summed E-state index contributed by atoms with van der Waals surface area (Å²) in [5, 5.41) is 16.6. The first-order valence-electron chi connectivity index (χ1n) is 11.8. The second-order valence-electron chi connectivity index (χ2n) is 9.59. The van der Waals surface area contributed by atoms with E-state index in [2.05, 4.69) is 55.7 Å². The number of nitrogens with zero attached hydrogens (tertiary/aromatic N) is 1. The molecule has 5 nitrogen and oxygen atoms in total. The van der Waals surface area contributed by atoms with E-state index in [4.69, 9.17) is 9.73 Å². The molecule has 0 spiro atoms. The van der Waals surface area contributed by atoms with Gasteiger partial charge in [-0.25, -0.2) is 0 Å². The van der Waals surface area contributed by atoms with E-state index in [1.54, 1.807) is 0 Å². The van der Waals surface area contributed by atoms with E-state index in [-0.39, 0.29) is 41.4 Å². The van der Waals surface area contributed by atoms with Gasteiger partial charge >= 0.3 is 0 Å². The number of hydrogen-bond acceptors (Lipinski definition) is 3. The van der Waals surface area contributed by atoms with Crippen LogP contribution in [0.3, 0.4) is 0 Å². The Bertz CT molecular complexity index is 679. The monoisotopic (exact) mass is 543 g/mol. The second-order valence-corrected chi connectivity index (χ2v) is 9.59. The number of aliphatic imine (C=N–C) groups is 1. The maximum absolute atomic E-state index is 9.49. The van der Waals surface area contributed by atoms with Crippen LogP contribution in [0.4, 0.5) is 0 Å². The Morgan fingerprint density at radius 1 is 1.13 bits per heavy atom. The van der Waals surface area contributed by atoms with Crippen molar-refractivity contribution in [2.24, 2.45) is 10.4 Å². The van der Waals surface area contributed by atoms with Gasteiger partial charge in [-0.05, 0) is 49.7 Å². The zero-order valence-electron chi connectivity index (χ0n) is 19.6. The summed E-state index contributed by atoms with van der Waals surface area (Å²) in [7, 11) is 0. The highest BCUT2D eigenvalue weighted by Gasteiger charge is 2.36. The zero-order valence-corrected chi connectivity index (χ0v) is 21.9. The van der Waals surface area contributed by atoms with Crippen LogP contribution in [0.1, 0.15) is 76.3 Å². The lowest BCUT2D eigenvalue weighted by Gasteiger charge is -2.31. The molecule has 1 saturated carbocycles. The predicted octanol–water partition coefficient (Wildman–Crippen LogP) is 4.58. The maximum Gasteiger partial charge on any atom is 0.191 e. The molecule has 3 rings (SSSR count). The highest BCUT2D eigenvalue weighted by atomic mass is 127. The van der Waals surface area contributed by atoms with Gasteiger partial charge in [-0.1, -0.05) is 51.0 Å². The number of aliphatic hydroxyl groups is 1. The van der Waals surface area contributed by atoms with Gasteiger partial charge in [0.15, 0.2) is 5.96 Å². The first-order chi connectivity index (χ1) is 14.5. The molecule has 1 heterocycles. The lowest BCUT2D eigenvalue weighted by atomic mass is 9.78. The standard InChI is InChI=1S/C25H41N3O2.HI/c1-4-26-23(27-17-24(13-15-29)14-16-30-19-24)28-18-25(11-5-6-12-25)22-9-7-21(8-10-22)20(2)3;/h7-10,20,29H,4-6,11-19H2,1-3H3,(H2,26,27,28);1H. The van der Waals surface area contributed by atoms with Crippen LogP contribution in [0.2, 0.25) is 0 Å². The maximum atomic E-state index is 9.49. The molecule has 1 aromatic carbocycles. The van der Waals surface area contributed by atoms with Gasteiger partial charge in [0.05, 0.1) is 13.2 Å². The minimum Gasteiger partial charge on any atom is -0.396 e. The fourth-order valence-corrected chi connectivity index (χ4v) is 4.97. The van der Waals surface area contributed by atoms with Crippen LogP contribution in [-0.4, -0.2) is 50.5 Å². The van der Waals surface area contributed by atoms with E-state index in [1.807, 2.05) is 0 Å². The Kier molecular flexibility index (Phi) is 10.6. The average Bonchev–Trinajstić information content (AvgIpc) is 3.41. The van der Waals surface area contributed by atoms with Crippen molar-refractivity contribution in [2.75, 3.05) is 39.5 Å².